The number of carbonyl (C=O) groups is 1. The van der Waals surface area contributed by atoms with Gasteiger partial charge in [0.25, 0.3) is 0 Å². The number of quaternary nitrogens is 1. The number of benzene rings is 2. The number of aryl methyl sites for hydroxylation is 1. The van der Waals surface area contributed by atoms with Gasteiger partial charge in [-0.3, -0.25) is 0 Å². The molecule has 38 heavy (non-hydrogen) atoms. The molecular weight excluding hydrogens is 470 g/mol. The predicted octanol–water partition coefficient (Wildman–Crippen LogP) is 8.52. The fourth-order valence-electron chi connectivity index (χ4n) is 4.91. The SMILES string of the molecule is CCCCCCCCCCCCCc1cccc(OC(CC)COC(=O)C[N+](C)(C)Cc2ccccc2)c1. The first kappa shape index (κ1) is 31.9. The summed E-state index contributed by atoms with van der Waals surface area (Å²) in [5.74, 6) is 0.687. The van der Waals surface area contributed by atoms with E-state index in [9.17, 15) is 4.79 Å². The zero-order valence-corrected chi connectivity index (χ0v) is 24.8. The van der Waals surface area contributed by atoms with Crippen molar-refractivity contribution in [3.05, 3.63) is 65.7 Å². The van der Waals surface area contributed by atoms with E-state index in [0.29, 0.717) is 11.0 Å². The molecule has 0 amide bonds. The molecule has 0 radical (unpaired) electrons. The highest BCUT2D eigenvalue weighted by molar-refractivity contribution is 5.70. The third kappa shape index (κ3) is 14.6. The van der Waals surface area contributed by atoms with Crippen molar-refractivity contribution >= 4 is 5.97 Å². The normalized spacial score (nSPS) is 12.3. The van der Waals surface area contributed by atoms with E-state index >= 15 is 0 Å². The molecular formula is C34H54NO3+. The van der Waals surface area contributed by atoms with Crippen LogP contribution >= 0.6 is 0 Å². The van der Waals surface area contributed by atoms with Crippen LogP contribution in [0.5, 0.6) is 5.75 Å². The van der Waals surface area contributed by atoms with Gasteiger partial charge in [0.1, 0.15) is 25.0 Å². The molecule has 2 rings (SSSR count). The Balaban J connectivity index is 1.64. The van der Waals surface area contributed by atoms with Crippen LogP contribution in [0.15, 0.2) is 54.6 Å². The van der Waals surface area contributed by atoms with Gasteiger partial charge in [0, 0.05) is 5.56 Å². The third-order valence-electron chi connectivity index (χ3n) is 7.17. The molecule has 0 saturated heterocycles. The van der Waals surface area contributed by atoms with Gasteiger partial charge in [-0.1, -0.05) is 121 Å². The second kappa shape index (κ2) is 18.8. The van der Waals surface area contributed by atoms with Crippen LogP contribution in [0.4, 0.5) is 0 Å². The highest BCUT2D eigenvalue weighted by Gasteiger charge is 2.23. The average molecular weight is 525 g/mol. The molecule has 0 aliphatic carbocycles. The fourth-order valence-corrected chi connectivity index (χ4v) is 4.91. The Bertz CT molecular complexity index is 880. The van der Waals surface area contributed by atoms with Crippen LogP contribution in [0.3, 0.4) is 0 Å². The molecule has 0 saturated carbocycles. The molecule has 0 aromatic heterocycles. The molecule has 2 aromatic rings. The summed E-state index contributed by atoms with van der Waals surface area (Å²) in [6, 6.07) is 18.7. The number of hydrogen-bond donors (Lipinski definition) is 0. The molecule has 4 heteroatoms. The van der Waals surface area contributed by atoms with Crippen molar-refractivity contribution in [3.8, 4) is 5.75 Å². The first-order chi connectivity index (χ1) is 18.4. The van der Waals surface area contributed by atoms with Crippen molar-refractivity contribution in [2.24, 2.45) is 0 Å². The minimum atomic E-state index is -0.182. The van der Waals surface area contributed by atoms with E-state index in [2.05, 4.69) is 58.3 Å². The number of carbonyl (C=O) groups excluding carboxylic acids is 1. The molecule has 0 heterocycles. The van der Waals surface area contributed by atoms with Gasteiger partial charge in [-0.05, 0) is 37.0 Å². The second-order valence-corrected chi connectivity index (χ2v) is 11.5. The lowest BCUT2D eigenvalue weighted by atomic mass is 10.0. The van der Waals surface area contributed by atoms with Gasteiger partial charge in [-0.2, -0.15) is 0 Å². The lowest BCUT2D eigenvalue weighted by Gasteiger charge is -2.29. The Hall–Kier alpha value is -2.33. The quantitative estimate of drug-likeness (QED) is 0.0932. The maximum Gasteiger partial charge on any atom is 0.361 e. The van der Waals surface area contributed by atoms with Crippen LogP contribution in [0.2, 0.25) is 0 Å². The van der Waals surface area contributed by atoms with Gasteiger partial charge in [0.15, 0.2) is 6.54 Å². The number of likely N-dealkylation sites (N-methyl/N-ethyl adjacent to an activating group) is 1. The molecule has 0 fully saturated rings. The Morgan fingerprint density at radius 1 is 0.763 bits per heavy atom. The Labute approximate surface area is 233 Å². The van der Waals surface area contributed by atoms with Gasteiger partial charge in [0.2, 0.25) is 0 Å². The molecule has 212 valence electrons. The zero-order valence-electron chi connectivity index (χ0n) is 24.8. The first-order valence-corrected chi connectivity index (χ1v) is 15.2. The minimum Gasteiger partial charge on any atom is -0.487 e. The van der Waals surface area contributed by atoms with Crippen molar-refractivity contribution in [2.75, 3.05) is 27.2 Å². The van der Waals surface area contributed by atoms with E-state index in [4.69, 9.17) is 9.47 Å². The molecule has 0 aliphatic rings. The highest BCUT2D eigenvalue weighted by Crippen LogP contribution is 2.19. The van der Waals surface area contributed by atoms with Crippen molar-refractivity contribution in [1.29, 1.82) is 0 Å². The van der Waals surface area contributed by atoms with Gasteiger partial charge in [0.05, 0.1) is 14.1 Å². The topological polar surface area (TPSA) is 35.5 Å². The number of hydrogen-bond acceptors (Lipinski definition) is 3. The van der Waals surface area contributed by atoms with Crippen LogP contribution in [-0.2, 0) is 22.5 Å². The molecule has 1 atom stereocenters. The summed E-state index contributed by atoms with van der Waals surface area (Å²) in [6.45, 7) is 5.75. The summed E-state index contributed by atoms with van der Waals surface area (Å²) in [6.07, 6.45) is 16.7. The van der Waals surface area contributed by atoms with Crippen molar-refractivity contribution in [2.45, 2.75) is 110 Å². The van der Waals surface area contributed by atoms with E-state index < -0.39 is 0 Å². The van der Waals surface area contributed by atoms with Crippen molar-refractivity contribution in [3.63, 3.8) is 0 Å². The average Bonchev–Trinajstić information content (AvgIpc) is 2.90. The lowest BCUT2D eigenvalue weighted by molar-refractivity contribution is -0.896. The largest absolute Gasteiger partial charge is 0.487 e. The van der Waals surface area contributed by atoms with Crippen LogP contribution < -0.4 is 4.74 Å². The first-order valence-electron chi connectivity index (χ1n) is 15.2. The van der Waals surface area contributed by atoms with E-state index in [1.54, 1.807) is 0 Å². The van der Waals surface area contributed by atoms with Crippen LogP contribution in [0, 0.1) is 0 Å². The van der Waals surface area contributed by atoms with Gasteiger partial charge < -0.3 is 14.0 Å². The van der Waals surface area contributed by atoms with Crippen LogP contribution in [0.25, 0.3) is 0 Å². The van der Waals surface area contributed by atoms with Gasteiger partial charge in [-0.15, -0.1) is 0 Å². The Kier molecular flexibility index (Phi) is 15.8. The van der Waals surface area contributed by atoms with Gasteiger partial charge >= 0.3 is 5.97 Å². The molecule has 4 nitrogen and oxygen atoms in total. The summed E-state index contributed by atoms with van der Waals surface area (Å²) >= 11 is 0. The summed E-state index contributed by atoms with van der Waals surface area (Å²) in [4.78, 5) is 12.6. The van der Waals surface area contributed by atoms with Crippen molar-refractivity contribution < 1.29 is 18.8 Å². The van der Waals surface area contributed by atoms with Gasteiger partial charge in [-0.25, -0.2) is 4.79 Å². The smallest absolute Gasteiger partial charge is 0.361 e. The number of esters is 1. The molecule has 0 aliphatic heterocycles. The fraction of sp³-hybridized carbons (Fsp3) is 0.618. The number of rotatable bonds is 21. The van der Waals surface area contributed by atoms with E-state index in [0.717, 1.165) is 25.1 Å². The monoisotopic (exact) mass is 524 g/mol. The summed E-state index contributed by atoms with van der Waals surface area (Å²) in [5, 5.41) is 0. The molecule has 0 N–H and O–H groups in total. The standard InChI is InChI=1S/C34H54NO3/c1-5-7-8-9-10-11-12-13-14-15-17-21-30-24-20-25-33(26-30)38-32(6-2)29-37-34(36)28-35(3,4)27-31-22-18-16-19-23-31/h16,18-20,22-26,32H,5-15,17,21,27-29H2,1-4H3/q+1. The van der Waals surface area contributed by atoms with Crippen LogP contribution in [0.1, 0.15) is 102 Å². The Morgan fingerprint density at radius 3 is 2.00 bits per heavy atom. The number of unbranched alkanes of at least 4 members (excludes halogenated alkanes) is 10. The van der Waals surface area contributed by atoms with E-state index in [-0.39, 0.29) is 18.7 Å². The Morgan fingerprint density at radius 2 is 1.37 bits per heavy atom. The predicted molar refractivity (Wildman–Crippen MR) is 159 cm³/mol. The number of ether oxygens (including phenoxy) is 2. The number of nitrogens with zero attached hydrogens (tertiary/aromatic N) is 1. The summed E-state index contributed by atoms with van der Waals surface area (Å²) < 4.78 is 12.4. The summed E-state index contributed by atoms with van der Waals surface area (Å²) in [7, 11) is 4.12. The maximum absolute atomic E-state index is 12.6. The highest BCUT2D eigenvalue weighted by atomic mass is 16.6. The van der Waals surface area contributed by atoms with Crippen molar-refractivity contribution in [1.82, 2.24) is 0 Å². The third-order valence-corrected chi connectivity index (χ3v) is 7.17. The molecule has 2 aromatic carbocycles. The minimum absolute atomic E-state index is 0.138. The molecule has 0 spiro atoms. The second-order valence-electron chi connectivity index (χ2n) is 11.5. The molecule has 0 bridgehead atoms. The van der Waals surface area contributed by atoms with E-state index in [1.165, 1.54) is 81.8 Å². The maximum atomic E-state index is 12.6. The zero-order chi connectivity index (χ0) is 27.5. The van der Waals surface area contributed by atoms with Crippen LogP contribution in [-0.4, -0.2) is 43.8 Å². The molecule has 1 unspecified atom stereocenters. The lowest BCUT2D eigenvalue weighted by Crippen LogP contribution is -2.44. The summed E-state index contributed by atoms with van der Waals surface area (Å²) in [5.41, 5.74) is 2.54. The van der Waals surface area contributed by atoms with E-state index in [1.807, 2.05) is 24.3 Å².